The molecule has 0 bridgehead atoms. The van der Waals surface area contributed by atoms with E-state index in [0.29, 0.717) is 17.8 Å². The fourth-order valence-corrected chi connectivity index (χ4v) is 3.00. The molecule has 1 aliphatic rings. The number of hydrogen-bond donors (Lipinski definition) is 2. The Morgan fingerprint density at radius 2 is 2.20 bits per heavy atom. The van der Waals surface area contributed by atoms with Crippen molar-refractivity contribution in [1.82, 2.24) is 10.6 Å². The van der Waals surface area contributed by atoms with Crippen molar-refractivity contribution in [3.63, 3.8) is 0 Å². The third-order valence-electron chi connectivity index (χ3n) is 2.73. The molecule has 2 unspecified atom stereocenters. The Hall–Kier alpha value is -0.220. The Morgan fingerprint density at radius 1 is 1.47 bits per heavy atom. The van der Waals surface area contributed by atoms with E-state index in [1.165, 1.54) is 19.3 Å². The zero-order valence-corrected chi connectivity index (χ0v) is 10.7. The Labute approximate surface area is 96.8 Å². The zero-order chi connectivity index (χ0) is 11.3. The Balaban J connectivity index is 2.21. The minimum absolute atomic E-state index is 0.108. The Kier molecular flexibility index (Phi) is 5.47. The number of amides is 1. The van der Waals surface area contributed by atoms with Crippen LogP contribution in [0.2, 0.25) is 0 Å². The summed E-state index contributed by atoms with van der Waals surface area (Å²) in [6.07, 6.45) is 5.93. The maximum Gasteiger partial charge on any atom is 0.234 e. The molecule has 15 heavy (non-hydrogen) atoms. The van der Waals surface area contributed by atoms with Crippen molar-refractivity contribution in [1.29, 1.82) is 0 Å². The summed E-state index contributed by atoms with van der Waals surface area (Å²) in [5.74, 6) is 0.108. The fourth-order valence-electron chi connectivity index (χ4n) is 2.04. The van der Waals surface area contributed by atoms with Crippen LogP contribution in [0.1, 0.15) is 33.1 Å². The van der Waals surface area contributed by atoms with Crippen LogP contribution in [0.3, 0.4) is 0 Å². The van der Waals surface area contributed by atoms with Crippen molar-refractivity contribution in [2.75, 3.05) is 12.8 Å². The molecule has 0 heterocycles. The van der Waals surface area contributed by atoms with E-state index in [1.807, 2.05) is 25.6 Å². The van der Waals surface area contributed by atoms with Crippen LogP contribution in [0.15, 0.2) is 0 Å². The lowest BCUT2D eigenvalue weighted by Crippen LogP contribution is -2.43. The van der Waals surface area contributed by atoms with E-state index in [4.69, 9.17) is 0 Å². The number of carbonyl (C=O) groups is 1. The maximum absolute atomic E-state index is 11.4. The molecule has 1 aliphatic carbocycles. The second kappa shape index (κ2) is 6.38. The molecule has 2 atom stereocenters. The van der Waals surface area contributed by atoms with Crippen molar-refractivity contribution >= 4 is 17.7 Å². The Bertz CT molecular complexity index is 209. The highest BCUT2D eigenvalue weighted by molar-refractivity contribution is 7.99. The maximum atomic E-state index is 11.4. The smallest absolute Gasteiger partial charge is 0.234 e. The van der Waals surface area contributed by atoms with Crippen LogP contribution < -0.4 is 10.6 Å². The monoisotopic (exact) mass is 230 g/mol. The first-order valence-corrected chi connectivity index (χ1v) is 6.97. The van der Waals surface area contributed by atoms with E-state index in [9.17, 15) is 4.79 Å². The lowest BCUT2D eigenvalue weighted by atomic mass is 10.2. The first kappa shape index (κ1) is 12.8. The lowest BCUT2D eigenvalue weighted by Gasteiger charge is -2.19. The third kappa shape index (κ3) is 4.43. The zero-order valence-electron chi connectivity index (χ0n) is 9.88. The molecule has 0 saturated heterocycles. The van der Waals surface area contributed by atoms with Gasteiger partial charge in [0.2, 0.25) is 5.91 Å². The molecule has 0 spiro atoms. The molecule has 0 aromatic rings. The number of hydrogen-bond acceptors (Lipinski definition) is 3. The predicted octanol–water partition coefficient (Wildman–Crippen LogP) is 1.38. The second-order valence-corrected chi connectivity index (χ2v) is 5.49. The molecule has 1 amide bonds. The molecule has 3 nitrogen and oxygen atoms in total. The predicted molar refractivity (Wildman–Crippen MR) is 66.2 cm³/mol. The van der Waals surface area contributed by atoms with Crippen molar-refractivity contribution in [3.05, 3.63) is 0 Å². The van der Waals surface area contributed by atoms with E-state index in [1.54, 1.807) is 0 Å². The first-order valence-electron chi connectivity index (χ1n) is 5.69. The summed E-state index contributed by atoms with van der Waals surface area (Å²) in [6, 6.07) is 0.761. The summed E-state index contributed by atoms with van der Waals surface area (Å²) in [4.78, 5) is 11.4. The van der Waals surface area contributed by atoms with Gasteiger partial charge in [-0.25, -0.2) is 0 Å². The summed E-state index contributed by atoms with van der Waals surface area (Å²) in [7, 11) is 0. The molecule has 1 saturated carbocycles. The average molecular weight is 230 g/mol. The molecule has 4 heteroatoms. The van der Waals surface area contributed by atoms with Gasteiger partial charge in [0.25, 0.3) is 0 Å². The number of nitrogens with one attached hydrogen (secondary N) is 2. The van der Waals surface area contributed by atoms with Crippen LogP contribution in [0.25, 0.3) is 0 Å². The fraction of sp³-hybridized carbons (Fsp3) is 0.909. The number of thioether (sulfide) groups is 1. The lowest BCUT2D eigenvalue weighted by molar-refractivity contribution is -0.120. The highest BCUT2D eigenvalue weighted by Gasteiger charge is 2.26. The van der Waals surface area contributed by atoms with Gasteiger partial charge in [0.05, 0.1) is 6.54 Å². The van der Waals surface area contributed by atoms with E-state index in [2.05, 4.69) is 16.9 Å². The third-order valence-corrected chi connectivity index (χ3v) is 3.90. The number of carbonyl (C=O) groups excluding carboxylic acids is 1. The molecule has 1 fully saturated rings. The molecule has 0 aromatic carbocycles. The van der Waals surface area contributed by atoms with Gasteiger partial charge in [-0.05, 0) is 32.9 Å². The summed E-state index contributed by atoms with van der Waals surface area (Å²) in [6.45, 7) is 4.43. The Morgan fingerprint density at radius 3 is 2.80 bits per heavy atom. The average Bonchev–Trinajstić information content (AvgIpc) is 2.60. The van der Waals surface area contributed by atoms with Crippen LogP contribution in [0, 0.1) is 0 Å². The van der Waals surface area contributed by atoms with Crippen molar-refractivity contribution < 1.29 is 4.79 Å². The minimum Gasteiger partial charge on any atom is -0.353 e. The highest BCUT2D eigenvalue weighted by Crippen LogP contribution is 2.28. The molecule has 0 aliphatic heterocycles. The van der Waals surface area contributed by atoms with Gasteiger partial charge >= 0.3 is 0 Å². The topological polar surface area (TPSA) is 41.1 Å². The van der Waals surface area contributed by atoms with Crippen LogP contribution in [-0.4, -0.2) is 36.0 Å². The van der Waals surface area contributed by atoms with Gasteiger partial charge in [0, 0.05) is 17.3 Å². The van der Waals surface area contributed by atoms with Crippen LogP contribution >= 0.6 is 11.8 Å². The van der Waals surface area contributed by atoms with Crippen LogP contribution in [0.5, 0.6) is 0 Å². The highest BCUT2D eigenvalue weighted by atomic mass is 32.2. The summed E-state index contributed by atoms with van der Waals surface area (Å²) < 4.78 is 0. The quantitative estimate of drug-likeness (QED) is 0.750. The largest absolute Gasteiger partial charge is 0.353 e. The van der Waals surface area contributed by atoms with Gasteiger partial charge in [0.1, 0.15) is 0 Å². The summed E-state index contributed by atoms with van der Waals surface area (Å²) >= 11 is 1.91. The standard InChI is InChI=1S/C11H22N2OS/c1-8(2)13-11(14)7-12-9-5-4-6-10(9)15-3/h8-10,12H,4-7H2,1-3H3,(H,13,14). The summed E-state index contributed by atoms with van der Waals surface area (Å²) in [5, 5.41) is 6.94. The molecule has 0 radical (unpaired) electrons. The van der Waals surface area contributed by atoms with E-state index < -0.39 is 0 Å². The van der Waals surface area contributed by atoms with Crippen molar-refractivity contribution in [2.45, 2.75) is 50.4 Å². The molecular weight excluding hydrogens is 208 g/mol. The van der Waals surface area contributed by atoms with Crippen LogP contribution in [-0.2, 0) is 4.79 Å². The van der Waals surface area contributed by atoms with E-state index >= 15 is 0 Å². The van der Waals surface area contributed by atoms with Crippen molar-refractivity contribution in [2.24, 2.45) is 0 Å². The second-order valence-electron chi connectivity index (χ2n) is 4.41. The first-order chi connectivity index (χ1) is 7.13. The number of rotatable bonds is 5. The van der Waals surface area contributed by atoms with Crippen LogP contribution in [0.4, 0.5) is 0 Å². The van der Waals surface area contributed by atoms with Crippen molar-refractivity contribution in [3.8, 4) is 0 Å². The van der Waals surface area contributed by atoms with Gasteiger partial charge in [-0.15, -0.1) is 0 Å². The summed E-state index contributed by atoms with van der Waals surface area (Å²) in [5.41, 5.74) is 0. The van der Waals surface area contributed by atoms with E-state index in [-0.39, 0.29) is 11.9 Å². The van der Waals surface area contributed by atoms with Gasteiger partial charge in [-0.2, -0.15) is 11.8 Å². The minimum atomic E-state index is 0.108. The molecular formula is C11H22N2OS. The normalized spacial score (nSPS) is 25.9. The molecule has 2 N–H and O–H groups in total. The molecule has 1 rings (SSSR count). The molecule has 88 valence electrons. The van der Waals surface area contributed by atoms with E-state index in [0.717, 1.165) is 0 Å². The van der Waals surface area contributed by atoms with Gasteiger partial charge in [0.15, 0.2) is 0 Å². The van der Waals surface area contributed by atoms with Gasteiger partial charge < -0.3 is 10.6 Å². The van der Waals surface area contributed by atoms with Gasteiger partial charge in [-0.3, -0.25) is 4.79 Å². The SMILES string of the molecule is CSC1CCCC1NCC(=O)NC(C)C. The molecule has 0 aromatic heterocycles. The van der Waals surface area contributed by atoms with Gasteiger partial charge in [-0.1, -0.05) is 6.42 Å².